The van der Waals surface area contributed by atoms with E-state index in [1.807, 2.05) is 0 Å². The molecule has 7 nitrogen and oxygen atoms in total. The zero-order valence-electron chi connectivity index (χ0n) is 11.9. The van der Waals surface area contributed by atoms with Crippen molar-refractivity contribution in [2.24, 2.45) is 0 Å². The Balaban J connectivity index is 2.10. The minimum Gasteiger partial charge on any atom is -0.265 e. The molecule has 0 fully saturated rings. The molecule has 0 unspecified atom stereocenters. The highest BCUT2D eigenvalue weighted by atomic mass is 32.2. The molecule has 0 radical (unpaired) electrons. The summed E-state index contributed by atoms with van der Waals surface area (Å²) in [4.78, 5) is 14.1. The lowest BCUT2D eigenvalue weighted by Gasteiger charge is -2.07. The lowest BCUT2D eigenvalue weighted by Crippen LogP contribution is -2.26. The van der Waals surface area contributed by atoms with Crippen LogP contribution in [0.4, 0.5) is 5.69 Å². The fraction of sp³-hybridized carbons (Fsp3) is 0.214. The van der Waals surface area contributed by atoms with Crippen LogP contribution in [0.25, 0.3) is 0 Å². The van der Waals surface area contributed by atoms with Crippen LogP contribution in [0.1, 0.15) is 11.1 Å². The van der Waals surface area contributed by atoms with E-state index < -0.39 is 14.9 Å². The van der Waals surface area contributed by atoms with Crippen molar-refractivity contribution >= 4 is 15.7 Å². The molecular weight excluding hydrogens is 306 g/mol. The largest absolute Gasteiger partial charge is 0.273 e. The molecule has 0 atom stereocenters. The fourth-order valence-electron chi connectivity index (χ4n) is 1.92. The van der Waals surface area contributed by atoms with Gasteiger partial charge in [-0.2, -0.15) is 0 Å². The molecule has 0 aliphatic carbocycles. The Labute approximate surface area is 128 Å². The van der Waals surface area contributed by atoms with Crippen LogP contribution in [-0.2, 0) is 16.4 Å². The van der Waals surface area contributed by atoms with Crippen LogP contribution in [0.2, 0.25) is 0 Å². The molecule has 1 N–H and O–H groups in total. The van der Waals surface area contributed by atoms with E-state index in [1.54, 1.807) is 31.5 Å². The second-order valence-electron chi connectivity index (χ2n) is 4.71. The molecule has 116 valence electrons. The SMILES string of the molecule is Cc1ccc(S(=O)(=O)NCCc2ccncc2)cc1[N+](=O)[O-]. The van der Waals surface area contributed by atoms with Crippen LogP contribution in [0.15, 0.2) is 47.6 Å². The standard InChI is InChI=1S/C14H15N3O4S/c1-11-2-3-13(10-14(11)17(18)19)22(20,21)16-9-6-12-4-7-15-8-5-12/h2-5,7-8,10,16H,6,9H2,1H3. The molecule has 2 rings (SSSR count). The highest BCUT2D eigenvalue weighted by molar-refractivity contribution is 7.89. The number of hydrogen-bond donors (Lipinski definition) is 1. The van der Waals surface area contributed by atoms with Gasteiger partial charge in [-0.3, -0.25) is 15.1 Å². The minimum absolute atomic E-state index is 0.112. The van der Waals surface area contributed by atoms with Crippen LogP contribution in [0, 0.1) is 17.0 Å². The van der Waals surface area contributed by atoms with Gasteiger partial charge in [0.2, 0.25) is 10.0 Å². The number of sulfonamides is 1. The summed E-state index contributed by atoms with van der Waals surface area (Å²) in [6, 6.07) is 7.45. The topological polar surface area (TPSA) is 102 Å². The number of aryl methyl sites for hydroxylation is 1. The number of nitro groups is 1. The molecule has 0 aliphatic rings. The van der Waals surface area contributed by atoms with Gasteiger partial charge in [0, 0.05) is 30.6 Å². The third-order valence-electron chi connectivity index (χ3n) is 3.14. The van der Waals surface area contributed by atoms with E-state index in [2.05, 4.69) is 9.71 Å². The van der Waals surface area contributed by atoms with Crippen molar-refractivity contribution in [2.75, 3.05) is 6.54 Å². The van der Waals surface area contributed by atoms with Crippen LogP contribution in [0.5, 0.6) is 0 Å². The molecular formula is C14H15N3O4S. The predicted molar refractivity (Wildman–Crippen MR) is 81.0 cm³/mol. The first-order chi connectivity index (χ1) is 10.4. The Morgan fingerprint density at radius 2 is 1.91 bits per heavy atom. The molecule has 1 aromatic heterocycles. The second-order valence-corrected chi connectivity index (χ2v) is 6.48. The second kappa shape index (κ2) is 6.63. The Kier molecular flexibility index (Phi) is 4.84. The number of benzene rings is 1. The van der Waals surface area contributed by atoms with Gasteiger partial charge >= 0.3 is 0 Å². The van der Waals surface area contributed by atoms with Gasteiger partial charge < -0.3 is 0 Å². The van der Waals surface area contributed by atoms with Crippen molar-refractivity contribution in [1.82, 2.24) is 9.71 Å². The smallest absolute Gasteiger partial charge is 0.265 e. The number of aromatic nitrogens is 1. The Bertz CT molecular complexity index is 776. The normalized spacial score (nSPS) is 11.3. The van der Waals surface area contributed by atoms with Crippen molar-refractivity contribution in [2.45, 2.75) is 18.2 Å². The van der Waals surface area contributed by atoms with E-state index in [0.717, 1.165) is 11.6 Å². The van der Waals surface area contributed by atoms with Crippen molar-refractivity contribution in [1.29, 1.82) is 0 Å². The maximum Gasteiger partial charge on any atom is 0.273 e. The van der Waals surface area contributed by atoms with E-state index >= 15 is 0 Å². The maximum absolute atomic E-state index is 12.2. The molecule has 0 amide bonds. The minimum atomic E-state index is -3.77. The summed E-state index contributed by atoms with van der Waals surface area (Å²) >= 11 is 0. The molecule has 0 saturated carbocycles. The molecule has 2 aromatic rings. The van der Waals surface area contributed by atoms with E-state index in [0.29, 0.717) is 12.0 Å². The van der Waals surface area contributed by atoms with Gasteiger partial charge in [0.25, 0.3) is 5.69 Å². The van der Waals surface area contributed by atoms with E-state index in [9.17, 15) is 18.5 Å². The van der Waals surface area contributed by atoms with Gasteiger partial charge in [0.05, 0.1) is 9.82 Å². The molecule has 1 aromatic carbocycles. The number of rotatable bonds is 6. The number of nitrogens with one attached hydrogen (secondary N) is 1. The highest BCUT2D eigenvalue weighted by Gasteiger charge is 2.19. The first kappa shape index (κ1) is 16.1. The maximum atomic E-state index is 12.2. The number of pyridine rings is 1. The zero-order valence-corrected chi connectivity index (χ0v) is 12.7. The Hall–Kier alpha value is -2.32. The molecule has 1 heterocycles. The number of nitrogens with zero attached hydrogens (tertiary/aromatic N) is 2. The van der Waals surface area contributed by atoms with Gasteiger partial charge in [0.15, 0.2) is 0 Å². The summed E-state index contributed by atoms with van der Waals surface area (Å²) in [7, 11) is -3.77. The van der Waals surface area contributed by atoms with Gasteiger partial charge in [-0.25, -0.2) is 13.1 Å². The van der Waals surface area contributed by atoms with E-state index in [-0.39, 0.29) is 17.1 Å². The first-order valence-corrected chi connectivity index (χ1v) is 8.02. The molecule has 0 saturated heterocycles. The van der Waals surface area contributed by atoms with E-state index in [4.69, 9.17) is 0 Å². The van der Waals surface area contributed by atoms with Crippen LogP contribution in [-0.4, -0.2) is 24.9 Å². The average Bonchev–Trinajstić information content (AvgIpc) is 2.48. The third-order valence-corrected chi connectivity index (χ3v) is 4.60. The molecule has 0 bridgehead atoms. The summed E-state index contributed by atoms with van der Waals surface area (Å²) in [5, 5.41) is 10.9. The van der Waals surface area contributed by atoms with Gasteiger partial charge in [0.1, 0.15) is 0 Å². The summed E-state index contributed by atoms with van der Waals surface area (Å²) in [6.45, 7) is 1.76. The quantitative estimate of drug-likeness (QED) is 0.646. The number of hydrogen-bond acceptors (Lipinski definition) is 5. The first-order valence-electron chi connectivity index (χ1n) is 6.54. The monoisotopic (exact) mass is 321 g/mol. The summed E-state index contributed by atoms with van der Waals surface area (Å²) in [5.41, 5.74) is 1.16. The third kappa shape index (κ3) is 3.86. The fourth-order valence-corrected chi connectivity index (χ4v) is 2.97. The van der Waals surface area contributed by atoms with Crippen LogP contribution < -0.4 is 4.72 Å². The molecule has 22 heavy (non-hydrogen) atoms. The Morgan fingerprint density at radius 1 is 1.23 bits per heavy atom. The predicted octanol–water partition coefficient (Wildman–Crippen LogP) is 1.82. The van der Waals surface area contributed by atoms with Gasteiger partial charge in [-0.15, -0.1) is 0 Å². The average molecular weight is 321 g/mol. The summed E-state index contributed by atoms with van der Waals surface area (Å²) < 4.78 is 26.8. The Morgan fingerprint density at radius 3 is 2.55 bits per heavy atom. The lowest BCUT2D eigenvalue weighted by atomic mass is 10.2. The van der Waals surface area contributed by atoms with Gasteiger partial charge in [-0.1, -0.05) is 6.07 Å². The van der Waals surface area contributed by atoms with Crippen molar-refractivity contribution < 1.29 is 13.3 Å². The summed E-state index contributed by atoms with van der Waals surface area (Å²) in [5.74, 6) is 0. The zero-order chi connectivity index (χ0) is 16.2. The van der Waals surface area contributed by atoms with Gasteiger partial charge in [-0.05, 0) is 37.1 Å². The van der Waals surface area contributed by atoms with Crippen molar-refractivity contribution in [3.63, 3.8) is 0 Å². The van der Waals surface area contributed by atoms with Crippen molar-refractivity contribution in [3.05, 3.63) is 64.0 Å². The van der Waals surface area contributed by atoms with Crippen LogP contribution >= 0.6 is 0 Å². The molecule has 8 heteroatoms. The van der Waals surface area contributed by atoms with Crippen LogP contribution in [0.3, 0.4) is 0 Å². The summed E-state index contributed by atoms with van der Waals surface area (Å²) in [6.07, 6.45) is 3.77. The number of nitro benzene ring substituents is 1. The van der Waals surface area contributed by atoms with E-state index in [1.165, 1.54) is 12.1 Å². The lowest BCUT2D eigenvalue weighted by molar-refractivity contribution is -0.385. The molecule has 0 aliphatic heterocycles. The highest BCUT2D eigenvalue weighted by Crippen LogP contribution is 2.21. The molecule has 0 spiro atoms. The van der Waals surface area contributed by atoms with Crippen molar-refractivity contribution in [3.8, 4) is 0 Å².